The summed E-state index contributed by atoms with van der Waals surface area (Å²) in [6.07, 6.45) is 4.00. The first-order valence-electron chi connectivity index (χ1n) is 18.1. The summed E-state index contributed by atoms with van der Waals surface area (Å²) >= 11 is 0. The largest absolute Gasteiger partial charge is 0.0919 e. The van der Waals surface area contributed by atoms with Crippen LogP contribution < -0.4 is 0 Å². The van der Waals surface area contributed by atoms with E-state index in [4.69, 9.17) is 0 Å². The van der Waals surface area contributed by atoms with E-state index in [0.717, 1.165) is 0 Å². The number of benzene rings is 8. The second-order valence-electron chi connectivity index (χ2n) is 11.9. The summed E-state index contributed by atoms with van der Waals surface area (Å²) in [5, 5.41) is 10.5. The molecule has 0 spiro atoms. The van der Waals surface area contributed by atoms with Gasteiger partial charge in [0.2, 0.25) is 0 Å². The van der Waals surface area contributed by atoms with E-state index in [-0.39, 0.29) is 0 Å². The van der Waals surface area contributed by atoms with Crippen molar-refractivity contribution in [2.45, 2.75) is 55.4 Å². The van der Waals surface area contributed by atoms with E-state index in [1.54, 1.807) is 0 Å². The second kappa shape index (κ2) is 18.9. The molecule has 0 saturated heterocycles. The van der Waals surface area contributed by atoms with Crippen molar-refractivity contribution >= 4 is 43.1 Å². The standard InChI is InChI=1S/C26H18.C16H14.C4H8.2C2H6/c1-2-9-19(10-3-1)20-12-8-13-21(17-20)26-18-22-11-4-5-14-23(22)24-15-6-7-16-25(24)26;1-11-3-5-13-10-16-8-12(2)4-6-14(16)9-15(13)7-11;1-3-4-2;2*1-2/h1-18H;3-10H,1-2H3;3-4H,1-2H3;2*1-2H3/b;;4-3-;;. The van der Waals surface area contributed by atoms with Crippen LogP contribution >= 0.6 is 0 Å². The second-order valence-corrected chi connectivity index (χ2v) is 11.9. The van der Waals surface area contributed by atoms with Gasteiger partial charge in [-0.1, -0.05) is 184 Å². The molecule has 0 atom stereocenters. The maximum atomic E-state index is 2.32. The molecule has 0 aliphatic heterocycles. The van der Waals surface area contributed by atoms with Gasteiger partial charge in [0.25, 0.3) is 0 Å². The minimum Gasteiger partial charge on any atom is -0.0919 e. The van der Waals surface area contributed by atoms with E-state index in [1.165, 1.54) is 76.5 Å². The van der Waals surface area contributed by atoms with E-state index in [2.05, 4.69) is 172 Å². The third-order valence-corrected chi connectivity index (χ3v) is 8.49. The van der Waals surface area contributed by atoms with E-state index in [1.807, 2.05) is 53.7 Å². The third kappa shape index (κ3) is 9.16. The van der Waals surface area contributed by atoms with Crippen molar-refractivity contribution in [3.05, 3.63) is 181 Å². The molecule has 0 amide bonds. The lowest BCUT2D eigenvalue weighted by Gasteiger charge is -2.12. The molecule has 0 unspecified atom stereocenters. The Labute approximate surface area is 300 Å². The highest BCUT2D eigenvalue weighted by molar-refractivity contribution is 6.13. The zero-order valence-corrected chi connectivity index (χ0v) is 31.2. The van der Waals surface area contributed by atoms with Crippen LogP contribution in [-0.4, -0.2) is 0 Å². The molecule has 8 aromatic rings. The third-order valence-electron chi connectivity index (χ3n) is 8.49. The molecule has 50 heavy (non-hydrogen) atoms. The smallest absolute Gasteiger partial charge is 0.00988 e. The normalized spacial score (nSPS) is 10.3. The monoisotopic (exact) mass is 652 g/mol. The van der Waals surface area contributed by atoms with Crippen molar-refractivity contribution in [2.75, 3.05) is 0 Å². The first kappa shape index (κ1) is 37.4. The molecule has 0 radical (unpaired) electrons. The molecule has 0 saturated carbocycles. The minimum atomic E-state index is 1.25. The Morgan fingerprint density at radius 1 is 0.320 bits per heavy atom. The van der Waals surface area contributed by atoms with Gasteiger partial charge in [-0.3, -0.25) is 0 Å². The van der Waals surface area contributed by atoms with Crippen LogP contribution in [0.4, 0.5) is 0 Å². The maximum Gasteiger partial charge on any atom is -0.00988 e. The molecule has 0 aliphatic carbocycles. The summed E-state index contributed by atoms with van der Waals surface area (Å²) in [4.78, 5) is 0. The highest BCUT2D eigenvalue weighted by atomic mass is 14.1. The molecule has 252 valence electrons. The molecule has 8 rings (SSSR count). The highest BCUT2D eigenvalue weighted by Gasteiger charge is 2.09. The molecule has 8 aromatic carbocycles. The van der Waals surface area contributed by atoms with E-state index in [9.17, 15) is 0 Å². The number of allylic oxidation sites excluding steroid dienone is 2. The number of aryl methyl sites for hydroxylation is 2. The number of hydrogen-bond acceptors (Lipinski definition) is 0. The van der Waals surface area contributed by atoms with E-state index < -0.39 is 0 Å². The molecular formula is C50H52. The predicted molar refractivity (Wildman–Crippen MR) is 226 cm³/mol. The van der Waals surface area contributed by atoms with Crippen LogP contribution in [0.3, 0.4) is 0 Å². The van der Waals surface area contributed by atoms with Crippen molar-refractivity contribution in [3.63, 3.8) is 0 Å². The highest BCUT2D eigenvalue weighted by Crippen LogP contribution is 2.36. The number of hydrogen-bond donors (Lipinski definition) is 0. The Bertz CT molecular complexity index is 2220. The number of fused-ring (bicyclic) bond motifs is 5. The summed E-state index contributed by atoms with van der Waals surface area (Å²) in [7, 11) is 0. The summed E-state index contributed by atoms with van der Waals surface area (Å²) in [5.74, 6) is 0. The Morgan fingerprint density at radius 3 is 1.38 bits per heavy atom. The molecule has 0 N–H and O–H groups in total. The van der Waals surface area contributed by atoms with Gasteiger partial charge in [-0.25, -0.2) is 0 Å². The molecule has 0 bridgehead atoms. The van der Waals surface area contributed by atoms with Gasteiger partial charge in [0.05, 0.1) is 0 Å². The zero-order chi connectivity index (χ0) is 35.9. The first-order valence-corrected chi connectivity index (χ1v) is 18.1. The maximum absolute atomic E-state index is 2.32. The average Bonchev–Trinajstić information content (AvgIpc) is 3.19. The van der Waals surface area contributed by atoms with Gasteiger partial charge in [0.15, 0.2) is 0 Å². The summed E-state index contributed by atoms with van der Waals surface area (Å²) in [6, 6.07) is 56.9. The Morgan fingerprint density at radius 2 is 0.800 bits per heavy atom. The fourth-order valence-electron chi connectivity index (χ4n) is 6.03. The van der Waals surface area contributed by atoms with Gasteiger partial charge in [-0.2, -0.15) is 0 Å². The van der Waals surface area contributed by atoms with Gasteiger partial charge in [-0.05, 0) is 117 Å². The lowest BCUT2D eigenvalue weighted by atomic mass is 9.92. The molecule has 0 aliphatic rings. The lowest BCUT2D eigenvalue weighted by Crippen LogP contribution is -1.85. The SMILES string of the molecule is C/C=C\C.CC.CC.Cc1ccc2cc3cc(C)ccc3cc2c1.c1ccc(-c2cccc(-c3cc4ccccc4c4ccccc34)c2)cc1. The van der Waals surface area contributed by atoms with Crippen LogP contribution in [0.1, 0.15) is 52.7 Å². The van der Waals surface area contributed by atoms with Crippen molar-refractivity contribution in [1.82, 2.24) is 0 Å². The van der Waals surface area contributed by atoms with Crippen LogP contribution in [0, 0.1) is 13.8 Å². The average molecular weight is 653 g/mol. The van der Waals surface area contributed by atoms with Crippen molar-refractivity contribution < 1.29 is 0 Å². The van der Waals surface area contributed by atoms with Crippen LogP contribution in [0.25, 0.3) is 65.3 Å². The fourth-order valence-corrected chi connectivity index (χ4v) is 6.03. The summed E-state index contributed by atoms with van der Waals surface area (Å²) < 4.78 is 0. The van der Waals surface area contributed by atoms with Gasteiger partial charge >= 0.3 is 0 Å². The molecule has 0 heteroatoms. The summed E-state index contributed by atoms with van der Waals surface area (Å²) in [5.41, 5.74) is 7.68. The van der Waals surface area contributed by atoms with Crippen molar-refractivity contribution in [1.29, 1.82) is 0 Å². The minimum absolute atomic E-state index is 1.25. The van der Waals surface area contributed by atoms with E-state index >= 15 is 0 Å². The van der Waals surface area contributed by atoms with Gasteiger partial charge in [-0.15, -0.1) is 0 Å². The predicted octanol–water partition coefficient (Wildman–Crippen LogP) is 15.6. The Kier molecular flexibility index (Phi) is 14.1. The number of rotatable bonds is 2. The van der Waals surface area contributed by atoms with Gasteiger partial charge in [0.1, 0.15) is 0 Å². The zero-order valence-electron chi connectivity index (χ0n) is 31.2. The fraction of sp³-hybridized carbons (Fsp3) is 0.160. The van der Waals surface area contributed by atoms with Crippen LogP contribution in [0.5, 0.6) is 0 Å². The molecule has 0 heterocycles. The first-order chi connectivity index (χ1) is 24.5. The molecule has 0 fully saturated rings. The van der Waals surface area contributed by atoms with Crippen LogP contribution in [-0.2, 0) is 0 Å². The van der Waals surface area contributed by atoms with Gasteiger partial charge in [0, 0.05) is 0 Å². The topological polar surface area (TPSA) is 0 Å². The lowest BCUT2D eigenvalue weighted by molar-refractivity contribution is 1.50. The summed E-state index contributed by atoms with van der Waals surface area (Å²) in [6.45, 7) is 16.3. The molecule has 0 nitrogen and oxygen atoms in total. The quantitative estimate of drug-likeness (QED) is 0.0990. The Balaban J connectivity index is 0.000000200. The van der Waals surface area contributed by atoms with Gasteiger partial charge < -0.3 is 0 Å². The van der Waals surface area contributed by atoms with Crippen LogP contribution in [0.2, 0.25) is 0 Å². The Hall–Kier alpha value is -5.46. The molecule has 0 aromatic heterocycles. The van der Waals surface area contributed by atoms with Crippen LogP contribution in [0.15, 0.2) is 170 Å². The van der Waals surface area contributed by atoms with Crippen molar-refractivity contribution in [3.8, 4) is 22.3 Å². The molecular weight excluding hydrogens is 601 g/mol. The van der Waals surface area contributed by atoms with E-state index in [0.29, 0.717) is 0 Å². The van der Waals surface area contributed by atoms with Crippen molar-refractivity contribution in [2.24, 2.45) is 0 Å².